The number of hydrogen-bond acceptors (Lipinski definition) is 1. The zero-order valence-corrected chi connectivity index (χ0v) is 7.51. The van der Waals surface area contributed by atoms with Gasteiger partial charge < -0.3 is 5.11 Å². The van der Waals surface area contributed by atoms with Crippen LogP contribution in [-0.4, -0.2) is 11.7 Å². The lowest BCUT2D eigenvalue weighted by Gasteiger charge is -2.08. The summed E-state index contributed by atoms with van der Waals surface area (Å²) in [7, 11) is 0. The smallest absolute Gasteiger partial charge is 0.0464 e. The standard InChI is InChI=1S/C10H18O/c1-3-7-4-9(7)10(2)5-8(10)6-11/h7-9,11H,3-6H2,1-2H3. The first-order valence-corrected chi connectivity index (χ1v) is 4.83. The van der Waals surface area contributed by atoms with Crippen LogP contribution in [0.1, 0.15) is 33.1 Å². The average molecular weight is 154 g/mol. The van der Waals surface area contributed by atoms with Gasteiger partial charge in [-0.25, -0.2) is 0 Å². The van der Waals surface area contributed by atoms with E-state index in [0.29, 0.717) is 17.9 Å². The molecule has 0 amide bonds. The molecule has 2 saturated carbocycles. The molecular formula is C10H18O. The molecule has 2 rings (SSSR count). The van der Waals surface area contributed by atoms with E-state index in [1.165, 1.54) is 19.3 Å². The summed E-state index contributed by atoms with van der Waals surface area (Å²) in [5.74, 6) is 2.60. The molecule has 1 heteroatoms. The summed E-state index contributed by atoms with van der Waals surface area (Å²) in [5.41, 5.74) is 0.551. The Bertz CT molecular complexity index is 166. The van der Waals surface area contributed by atoms with Gasteiger partial charge in [-0.3, -0.25) is 0 Å². The third-order valence-electron chi connectivity index (χ3n) is 3.97. The fraction of sp³-hybridized carbons (Fsp3) is 1.00. The van der Waals surface area contributed by atoms with E-state index in [1.54, 1.807) is 0 Å². The topological polar surface area (TPSA) is 20.2 Å². The van der Waals surface area contributed by atoms with Gasteiger partial charge in [0.25, 0.3) is 0 Å². The molecule has 0 aliphatic heterocycles. The molecule has 4 atom stereocenters. The van der Waals surface area contributed by atoms with Crippen molar-refractivity contribution in [2.45, 2.75) is 33.1 Å². The second-order valence-corrected chi connectivity index (χ2v) is 4.60. The van der Waals surface area contributed by atoms with Gasteiger partial charge in [0.15, 0.2) is 0 Å². The molecule has 1 nitrogen and oxygen atoms in total. The van der Waals surface area contributed by atoms with Crippen LogP contribution in [0.4, 0.5) is 0 Å². The Morgan fingerprint density at radius 1 is 1.55 bits per heavy atom. The normalized spacial score (nSPS) is 54.3. The van der Waals surface area contributed by atoms with Gasteiger partial charge in [0.05, 0.1) is 0 Å². The number of hydrogen-bond donors (Lipinski definition) is 1. The molecular weight excluding hydrogens is 136 g/mol. The number of aliphatic hydroxyl groups is 1. The summed E-state index contributed by atoms with van der Waals surface area (Å²) in [6, 6.07) is 0. The number of rotatable bonds is 3. The second kappa shape index (κ2) is 2.22. The molecule has 2 aliphatic carbocycles. The fourth-order valence-corrected chi connectivity index (χ4v) is 2.71. The second-order valence-electron chi connectivity index (χ2n) is 4.60. The summed E-state index contributed by atoms with van der Waals surface area (Å²) in [6.45, 7) is 5.06. The zero-order valence-electron chi connectivity index (χ0n) is 7.51. The van der Waals surface area contributed by atoms with Gasteiger partial charge in [0, 0.05) is 6.61 Å². The van der Waals surface area contributed by atoms with Crippen LogP contribution in [0, 0.1) is 23.2 Å². The van der Waals surface area contributed by atoms with Crippen molar-refractivity contribution in [1.29, 1.82) is 0 Å². The van der Waals surface area contributed by atoms with Gasteiger partial charge in [0.1, 0.15) is 0 Å². The van der Waals surface area contributed by atoms with Crippen molar-refractivity contribution in [3.8, 4) is 0 Å². The first-order valence-electron chi connectivity index (χ1n) is 4.83. The molecule has 0 radical (unpaired) electrons. The Hall–Kier alpha value is -0.0400. The van der Waals surface area contributed by atoms with Gasteiger partial charge in [0.2, 0.25) is 0 Å². The highest BCUT2D eigenvalue weighted by atomic mass is 16.3. The highest BCUT2D eigenvalue weighted by Gasteiger charge is 2.61. The summed E-state index contributed by atoms with van der Waals surface area (Å²) in [6.07, 6.45) is 4.06. The van der Waals surface area contributed by atoms with E-state index < -0.39 is 0 Å². The molecule has 2 aliphatic rings. The Morgan fingerprint density at radius 3 is 2.64 bits per heavy atom. The summed E-state index contributed by atoms with van der Waals surface area (Å²) in [5, 5.41) is 8.98. The lowest BCUT2D eigenvalue weighted by atomic mass is 9.98. The summed E-state index contributed by atoms with van der Waals surface area (Å²) in [4.78, 5) is 0. The third-order valence-corrected chi connectivity index (χ3v) is 3.97. The molecule has 64 valence electrons. The van der Waals surface area contributed by atoms with E-state index in [4.69, 9.17) is 5.11 Å². The Morgan fingerprint density at radius 2 is 2.27 bits per heavy atom. The molecule has 0 aromatic rings. The lowest BCUT2D eigenvalue weighted by molar-refractivity contribution is 0.242. The van der Waals surface area contributed by atoms with Crippen LogP contribution < -0.4 is 0 Å². The molecule has 4 unspecified atom stereocenters. The molecule has 11 heavy (non-hydrogen) atoms. The van der Waals surface area contributed by atoms with E-state index in [0.717, 1.165) is 11.8 Å². The molecule has 0 heterocycles. The minimum atomic E-state index is 0.420. The van der Waals surface area contributed by atoms with E-state index in [1.807, 2.05) is 0 Å². The monoisotopic (exact) mass is 154 g/mol. The van der Waals surface area contributed by atoms with Crippen LogP contribution in [0.2, 0.25) is 0 Å². The Kier molecular flexibility index (Phi) is 1.54. The SMILES string of the molecule is CCC1CC1C1(C)CC1CO. The van der Waals surface area contributed by atoms with Crippen LogP contribution >= 0.6 is 0 Å². The van der Waals surface area contributed by atoms with Crippen LogP contribution in [0.25, 0.3) is 0 Å². The predicted octanol–water partition coefficient (Wildman–Crippen LogP) is 2.05. The average Bonchev–Trinajstić information content (AvgIpc) is 2.82. The van der Waals surface area contributed by atoms with Gasteiger partial charge in [-0.05, 0) is 36.0 Å². The minimum absolute atomic E-state index is 0.420. The maximum atomic E-state index is 8.98. The molecule has 0 spiro atoms. The van der Waals surface area contributed by atoms with Crippen molar-refractivity contribution in [1.82, 2.24) is 0 Å². The minimum Gasteiger partial charge on any atom is -0.396 e. The van der Waals surface area contributed by atoms with Gasteiger partial charge in [-0.1, -0.05) is 20.3 Å². The Labute approximate surface area is 68.8 Å². The molecule has 0 saturated heterocycles. The molecule has 0 bridgehead atoms. The van der Waals surface area contributed by atoms with E-state index in [9.17, 15) is 0 Å². The van der Waals surface area contributed by atoms with Gasteiger partial charge in [-0.2, -0.15) is 0 Å². The maximum Gasteiger partial charge on any atom is 0.0464 e. The van der Waals surface area contributed by atoms with Crippen LogP contribution in [0.3, 0.4) is 0 Å². The highest BCUT2D eigenvalue weighted by molar-refractivity contribution is 5.10. The highest BCUT2D eigenvalue weighted by Crippen LogP contribution is 2.67. The largest absolute Gasteiger partial charge is 0.396 e. The quantitative estimate of drug-likeness (QED) is 0.659. The molecule has 1 N–H and O–H groups in total. The van der Waals surface area contributed by atoms with E-state index >= 15 is 0 Å². The first-order chi connectivity index (χ1) is 5.22. The van der Waals surface area contributed by atoms with Crippen LogP contribution in [0.15, 0.2) is 0 Å². The number of aliphatic hydroxyl groups excluding tert-OH is 1. The third kappa shape index (κ3) is 1.01. The summed E-state index contributed by atoms with van der Waals surface area (Å²) >= 11 is 0. The van der Waals surface area contributed by atoms with Crippen molar-refractivity contribution in [2.24, 2.45) is 23.2 Å². The van der Waals surface area contributed by atoms with Gasteiger partial charge >= 0.3 is 0 Å². The van der Waals surface area contributed by atoms with Crippen molar-refractivity contribution in [2.75, 3.05) is 6.61 Å². The Balaban J connectivity index is 1.89. The lowest BCUT2D eigenvalue weighted by Crippen LogP contribution is -2.05. The molecule has 0 aromatic carbocycles. The van der Waals surface area contributed by atoms with Gasteiger partial charge in [-0.15, -0.1) is 0 Å². The van der Waals surface area contributed by atoms with E-state index in [2.05, 4.69) is 13.8 Å². The maximum absolute atomic E-state index is 8.98. The molecule has 0 aromatic heterocycles. The van der Waals surface area contributed by atoms with Crippen molar-refractivity contribution in [3.63, 3.8) is 0 Å². The van der Waals surface area contributed by atoms with Crippen molar-refractivity contribution >= 4 is 0 Å². The van der Waals surface area contributed by atoms with E-state index in [-0.39, 0.29) is 0 Å². The predicted molar refractivity (Wildman–Crippen MR) is 45.2 cm³/mol. The molecule has 2 fully saturated rings. The zero-order chi connectivity index (χ0) is 8.06. The first kappa shape index (κ1) is 7.60. The fourth-order valence-electron chi connectivity index (χ4n) is 2.71. The van der Waals surface area contributed by atoms with Crippen LogP contribution in [-0.2, 0) is 0 Å². The summed E-state index contributed by atoms with van der Waals surface area (Å²) < 4.78 is 0. The van der Waals surface area contributed by atoms with Crippen molar-refractivity contribution < 1.29 is 5.11 Å². The van der Waals surface area contributed by atoms with Crippen LogP contribution in [0.5, 0.6) is 0 Å². The van der Waals surface area contributed by atoms with Crippen molar-refractivity contribution in [3.05, 3.63) is 0 Å².